The second-order valence-electron chi connectivity index (χ2n) is 8.62. The molecule has 1 amide bonds. The number of rotatable bonds is 8. The summed E-state index contributed by atoms with van der Waals surface area (Å²) in [7, 11) is -3.55. The Kier molecular flexibility index (Phi) is 8.67. The molecular formula is C22H32N4O6S. The van der Waals surface area contributed by atoms with Gasteiger partial charge < -0.3 is 21.0 Å². The lowest BCUT2D eigenvalue weighted by atomic mass is 9.91. The normalized spacial score (nSPS) is 21.8. The number of oxime groups is 1. The maximum atomic E-state index is 13.2. The summed E-state index contributed by atoms with van der Waals surface area (Å²) >= 11 is 0. The summed E-state index contributed by atoms with van der Waals surface area (Å²) in [5, 5.41) is 14.9. The summed E-state index contributed by atoms with van der Waals surface area (Å²) in [4.78, 5) is 28.7. The van der Waals surface area contributed by atoms with Crippen molar-refractivity contribution in [2.45, 2.75) is 63.5 Å². The first-order chi connectivity index (χ1) is 15.8. The number of hydrogen-bond donors (Lipinski definition) is 3. The number of benzene rings is 1. The third kappa shape index (κ3) is 6.91. The predicted octanol–water partition coefficient (Wildman–Crippen LogP) is 2.58. The average molecular weight is 481 g/mol. The van der Waals surface area contributed by atoms with Crippen LogP contribution < -0.4 is 11.1 Å². The quantitative estimate of drug-likeness (QED) is 0.224. The molecule has 1 saturated heterocycles. The number of hydrogen-bond acceptors (Lipinski definition) is 6. The van der Waals surface area contributed by atoms with E-state index in [0.29, 0.717) is 18.5 Å². The molecule has 11 heteroatoms. The van der Waals surface area contributed by atoms with Gasteiger partial charge in [-0.25, -0.2) is 18.0 Å². The van der Waals surface area contributed by atoms with E-state index < -0.39 is 34.2 Å². The van der Waals surface area contributed by atoms with Crippen LogP contribution in [0.3, 0.4) is 0 Å². The van der Waals surface area contributed by atoms with Crippen LogP contribution in [0.2, 0.25) is 0 Å². The summed E-state index contributed by atoms with van der Waals surface area (Å²) in [6.45, 7) is 0.344. The molecular weight excluding hydrogens is 448 g/mol. The summed E-state index contributed by atoms with van der Waals surface area (Å²) in [6, 6.07) is 6.22. The summed E-state index contributed by atoms with van der Waals surface area (Å²) in [5.41, 5.74) is 6.47. The van der Waals surface area contributed by atoms with E-state index in [1.54, 1.807) is 30.3 Å². The first-order valence-electron chi connectivity index (χ1n) is 11.4. The molecule has 1 aliphatic carbocycles. The zero-order valence-corrected chi connectivity index (χ0v) is 19.4. The number of amidine groups is 1. The van der Waals surface area contributed by atoms with Gasteiger partial charge in [0.15, 0.2) is 11.9 Å². The van der Waals surface area contributed by atoms with Crippen molar-refractivity contribution in [1.29, 1.82) is 0 Å². The number of nitrogens with zero attached hydrogens (tertiary/aromatic N) is 2. The topological polar surface area (TPSA) is 151 Å². The Morgan fingerprint density at radius 3 is 2.45 bits per heavy atom. The molecule has 0 radical (unpaired) electrons. The van der Waals surface area contributed by atoms with Gasteiger partial charge in [0.25, 0.3) is 0 Å². The monoisotopic (exact) mass is 480 g/mol. The SMILES string of the molecule is N/C(=N\OC(=O)C(NC(=O)O)c1ccccc1)[C@@H]1CCCCN1S(=O)(=O)CC1CCCCC1. The zero-order chi connectivity index (χ0) is 23.8. The van der Waals surface area contributed by atoms with Gasteiger partial charge in [0.05, 0.1) is 11.8 Å². The van der Waals surface area contributed by atoms with E-state index in [1.165, 1.54) is 4.31 Å². The van der Waals surface area contributed by atoms with Gasteiger partial charge in [0.2, 0.25) is 10.0 Å². The lowest BCUT2D eigenvalue weighted by Crippen LogP contribution is -2.51. The molecule has 0 bridgehead atoms. The van der Waals surface area contributed by atoms with Crippen LogP contribution in [0.25, 0.3) is 0 Å². The number of piperidine rings is 1. The minimum absolute atomic E-state index is 0.0924. The molecule has 0 aromatic heterocycles. The van der Waals surface area contributed by atoms with Crippen LogP contribution in [-0.4, -0.2) is 54.1 Å². The minimum Gasteiger partial charge on any atom is -0.465 e. The Labute approximate surface area is 194 Å². The summed E-state index contributed by atoms with van der Waals surface area (Å²) in [6.07, 6.45) is 5.66. The molecule has 10 nitrogen and oxygen atoms in total. The van der Waals surface area contributed by atoms with E-state index in [4.69, 9.17) is 15.7 Å². The van der Waals surface area contributed by atoms with Crippen LogP contribution in [0.5, 0.6) is 0 Å². The largest absolute Gasteiger partial charge is 0.465 e. The van der Waals surface area contributed by atoms with E-state index in [9.17, 15) is 18.0 Å². The number of carbonyl (C=O) groups is 2. The van der Waals surface area contributed by atoms with Crippen LogP contribution in [0.15, 0.2) is 35.5 Å². The number of nitrogens with one attached hydrogen (secondary N) is 1. The highest BCUT2D eigenvalue weighted by Crippen LogP contribution is 2.28. The fourth-order valence-electron chi connectivity index (χ4n) is 4.54. The van der Waals surface area contributed by atoms with Crippen molar-refractivity contribution in [3.05, 3.63) is 35.9 Å². The van der Waals surface area contributed by atoms with Crippen molar-refractivity contribution in [3.8, 4) is 0 Å². The molecule has 33 heavy (non-hydrogen) atoms. The highest BCUT2D eigenvalue weighted by Gasteiger charge is 2.36. The van der Waals surface area contributed by atoms with Gasteiger partial charge in [-0.15, -0.1) is 0 Å². The molecule has 182 valence electrons. The van der Waals surface area contributed by atoms with Crippen molar-refractivity contribution < 1.29 is 28.0 Å². The number of nitrogens with two attached hydrogens (primary N) is 1. The molecule has 1 aromatic carbocycles. The highest BCUT2D eigenvalue weighted by molar-refractivity contribution is 7.89. The Morgan fingerprint density at radius 2 is 1.79 bits per heavy atom. The van der Waals surface area contributed by atoms with Crippen molar-refractivity contribution >= 4 is 27.9 Å². The number of sulfonamides is 1. The molecule has 3 rings (SSSR count). The molecule has 2 atom stereocenters. The maximum absolute atomic E-state index is 13.2. The molecule has 0 spiro atoms. The molecule has 1 aliphatic heterocycles. The van der Waals surface area contributed by atoms with Gasteiger partial charge in [0, 0.05) is 6.54 Å². The van der Waals surface area contributed by atoms with Crippen LogP contribution in [0, 0.1) is 5.92 Å². The van der Waals surface area contributed by atoms with Crippen LogP contribution in [-0.2, 0) is 19.7 Å². The Hall–Kier alpha value is -2.66. The van der Waals surface area contributed by atoms with E-state index in [0.717, 1.165) is 44.9 Å². The van der Waals surface area contributed by atoms with Gasteiger partial charge in [-0.2, -0.15) is 4.31 Å². The molecule has 1 heterocycles. The first kappa shape index (κ1) is 25.0. The second kappa shape index (κ2) is 11.5. The van der Waals surface area contributed by atoms with Crippen LogP contribution >= 0.6 is 0 Å². The fraction of sp³-hybridized carbons (Fsp3) is 0.591. The number of carbonyl (C=O) groups excluding carboxylic acids is 1. The first-order valence-corrected chi connectivity index (χ1v) is 13.0. The van der Waals surface area contributed by atoms with E-state index in [-0.39, 0.29) is 17.5 Å². The standard InChI is InChI=1S/C22H32N4O6S/c23-20(25-32-21(27)19(24-22(28)29)17-11-5-2-6-12-17)18-13-7-8-14-26(18)33(30,31)15-16-9-3-1-4-10-16/h2,5-6,11-12,16,18-19,24H,1,3-4,7-10,13-15H2,(H2,23,25)(H,28,29)/t18-,19?/m0/s1. The van der Waals surface area contributed by atoms with Crippen molar-refractivity contribution in [2.75, 3.05) is 12.3 Å². The van der Waals surface area contributed by atoms with E-state index >= 15 is 0 Å². The molecule has 1 aromatic rings. The van der Waals surface area contributed by atoms with Crippen LogP contribution in [0.4, 0.5) is 4.79 Å². The number of amides is 1. The third-order valence-electron chi connectivity index (χ3n) is 6.20. The van der Waals surface area contributed by atoms with Gasteiger partial charge >= 0.3 is 12.1 Å². The molecule has 2 fully saturated rings. The van der Waals surface area contributed by atoms with E-state index in [2.05, 4.69) is 10.5 Å². The van der Waals surface area contributed by atoms with Crippen molar-refractivity contribution in [2.24, 2.45) is 16.8 Å². The molecule has 1 saturated carbocycles. The van der Waals surface area contributed by atoms with Gasteiger partial charge in [-0.3, -0.25) is 0 Å². The number of carboxylic acid groups (broad SMARTS) is 1. The summed E-state index contributed by atoms with van der Waals surface area (Å²) < 4.78 is 27.7. The molecule has 1 unspecified atom stereocenters. The van der Waals surface area contributed by atoms with Crippen LogP contribution in [0.1, 0.15) is 63.0 Å². The minimum atomic E-state index is -3.55. The highest BCUT2D eigenvalue weighted by atomic mass is 32.2. The second-order valence-corrected chi connectivity index (χ2v) is 10.6. The van der Waals surface area contributed by atoms with Gasteiger partial charge in [-0.1, -0.05) is 61.2 Å². The lowest BCUT2D eigenvalue weighted by Gasteiger charge is -2.35. The van der Waals surface area contributed by atoms with Crippen molar-refractivity contribution in [3.63, 3.8) is 0 Å². The Balaban J connectivity index is 1.71. The summed E-state index contributed by atoms with van der Waals surface area (Å²) in [5.74, 6) is -0.831. The Morgan fingerprint density at radius 1 is 1.12 bits per heavy atom. The lowest BCUT2D eigenvalue weighted by molar-refractivity contribution is -0.146. The smallest absolute Gasteiger partial charge is 0.405 e. The zero-order valence-electron chi connectivity index (χ0n) is 18.6. The third-order valence-corrected chi connectivity index (χ3v) is 8.25. The van der Waals surface area contributed by atoms with Crippen molar-refractivity contribution in [1.82, 2.24) is 9.62 Å². The maximum Gasteiger partial charge on any atom is 0.405 e. The fourth-order valence-corrected chi connectivity index (χ4v) is 6.67. The molecule has 2 aliphatic rings. The molecule has 4 N–H and O–H groups in total. The predicted molar refractivity (Wildman–Crippen MR) is 123 cm³/mol. The average Bonchev–Trinajstić information content (AvgIpc) is 2.81. The van der Waals surface area contributed by atoms with Gasteiger partial charge in [0.1, 0.15) is 0 Å². The van der Waals surface area contributed by atoms with Gasteiger partial charge in [-0.05, 0) is 37.2 Å². The van der Waals surface area contributed by atoms with E-state index in [1.807, 2.05) is 0 Å². The Bertz CT molecular complexity index is 947.